The molecule has 0 amide bonds. The van der Waals surface area contributed by atoms with E-state index in [2.05, 4.69) is 13.8 Å². The van der Waals surface area contributed by atoms with Gasteiger partial charge in [-0.25, -0.2) is 4.79 Å². The maximum atomic E-state index is 10.6. The molecule has 0 saturated heterocycles. The SMILES string of the molecule is CCCCCCCCCCCCCCCCCCC(CCCCCC)CCCCCCCCCC(O)C(=O)O. The molecule has 0 fully saturated rings. The van der Waals surface area contributed by atoms with E-state index in [1.807, 2.05) is 0 Å². The van der Waals surface area contributed by atoms with Gasteiger partial charge in [-0.15, -0.1) is 0 Å². The van der Waals surface area contributed by atoms with Crippen LogP contribution in [0.4, 0.5) is 0 Å². The first-order chi connectivity index (χ1) is 19.1. The number of carboxylic acid groups (broad SMARTS) is 1. The van der Waals surface area contributed by atoms with E-state index >= 15 is 0 Å². The van der Waals surface area contributed by atoms with Crippen LogP contribution in [-0.4, -0.2) is 22.3 Å². The lowest BCUT2D eigenvalue weighted by Crippen LogP contribution is -2.18. The van der Waals surface area contributed by atoms with Crippen LogP contribution in [0.1, 0.15) is 213 Å². The molecular weight excluding hydrogens is 480 g/mol. The van der Waals surface area contributed by atoms with Gasteiger partial charge >= 0.3 is 5.97 Å². The number of carbonyl (C=O) groups is 1. The second-order valence-corrected chi connectivity index (χ2v) is 12.7. The van der Waals surface area contributed by atoms with Crippen molar-refractivity contribution in [1.82, 2.24) is 0 Å². The molecule has 0 aromatic rings. The Morgan fingerprint density at radius 2 is 0.641 bits per heavy atom. The van der Waals surface area contributed by atoms with E-state index < -0.39 is 12.1 Å². The largest absolute Gasteiger partial charge is 0.479 e. The van der Waals surface area contributed by atoms with Crippen LogP contribution >= 0.6 is 0 Å². The molecule has 2 N–H and O–H groups in total. The molecule has 0 heterocycles. The van der Waals surface area contributed by atoms with Crippen molar-refractivity contribution in [2.24, 2.45) is 5.92 Å². The van der Waals surface area contributed by atoms with Gasteiger partial charge in [-0.05, 0) is 12.3 Å². The highest BCUT2D eigenvalue weighted by Gasteiger charge is 2.12. The minimum Gasteiger partial charge on any atom is -0.479 e. The number of rotatable bonds is 33. The van der Waals surface area contributed by atoms with Crippen LogP contribution in [0, 0.1) is 5.92 Å². The molecule has 3 heteroatoms. The van der Waals surface area contributed by atoms with Gasteiger partial charge in [-0.3, -0.25) is 0 Å². The third-order valence-electron chi connectivity index (χ3n) is 8.81. The number of aliphatic carboxylic acids is 1. The Hall–Kier alpha value is -0.570. The van der Waals surface area contributed by atoms with Gasteiger partial charge in [0.05, 0.1) is 0 Å². The number of hydrogen-bond acceptors (Lipinski definition) is 2. The Morgan fingerprint density at radius 3 is 0.923 bits per heavy atom. The third-order valence-corrected chi connectivity index (χ3v) is 8.81. The van der Waals surface area contributed by atoms with E-state index in [1.165, 1.54) is 180 Å². The lowest BCUT2D eigenvalue weighted by Gasteiger charge is -2.17. The third kappa shape index (κ3) is 30.2. The predicted molar refractivity (Wildman–Crippen MR) is 172 cm³/mol. The zero-order valence-corrected chi connectivity index (χ0v) is 26.9. The maximum Gasteiger partial charge on any atom is 0.332 e. The van der Waals surface area contributed by atoms with Crippen LogP contribution in [0.15, 0.2) is 0 Å². The van der Waals surface area contributed by atoms with Gasteiger partial charge in [0.15, 0.2) is 6.10 Å². The molecule has 0 aliphatic rings. The van der Waals surface area contributed by atoms with E-state index in [0.717, 1.165) is 18.8 Å². The molecule has 3 nitrogen and oxygen atoms in total. The van der Waals surface area contributed by atoms with E-state index in [-0.39, 0.29) is 0 Å². The summed E-state index contributed by atoms with van der Waals surface area (Å²) in [5, 5.41) is 18.1. The van der Waals surface area contributed by atoms with Crippen LogP contribution < -0.4 is 0 Å². The predicted octanol–water partition coefficient (Wildman–Crippen LogP) is 12.2. The van der Waals surface area contributed by atoms with Gasteiger partial charge in [0, 0.05) is 0 Å². The van der Waals surface area contributed by atoms with Crippen LogP contribution in [-0.2, 0) is 4.79 Å². The summed E-state index contributed by atoms with van der Waals surface area (Å²) in [6.07, 6.45) is 40.7. The number of carboxylic acids is 1. The first-order valence-corrected chi connectivity index (χ1v) is 18.0. The smallest absolute Gasteiger partial charge is 0.332 e. The molecule has 0 bridgehead atoms. The molecule has 2 atom stereocenters. The summed E-state index contributed by atoms with van der Waals surface area (Å²) in [6.45, 7) is 4.61. The normalized spacial score (nSPS) is 13.1. The molecular formula is C36H72O3. The summed E-state index contributed by atoms with van der Waals surface area (Å²) in [6, 6.07) is 0. The Morgan fingerprint density at radius 1 is 0.410 bits per heavy atom. The number of aliphatic hydroxyl groups excluding tert-OH is 1. The number of aliphatic hydroxyl groups is 1. The minimum absolute atomic E-state index is 0.397. The minimum atomic E-state index is -1.17. The molecule has 0 rings (SSSR count). The fourth-order valence-electron chi connectivity index (χ4n) is 6.05. The Kier molecular flexibility index (Phi) is 31.5. The molecule has 2 unspecified atom stereocenters. The van der Waals surface area contributed by atoms with Gasteiger partial charge < -0.3 is 10.2 Å². The van der Waals surface area contributed by atoms with Gasteiger partial charge in [-0.1, -0.05) is 206 Å². The van der Waals surface area contributed by atoms with E-state index in [9.17, 15) is 9.90 Å². The van der Waals surface area contributed by atoms with Crippen molar-refractivity contribution < 1.29 is 15.0 Å². The average Bonchev–Trinajstić information content (AvgIpc) is 2.93. The molecule has 0 saturated carbocycles. The van der Waals surface area contributed by atoms with Gasteiger partial charge in [0.1, 0.15) is 0 Å². The fraction of sp³-hybridized carbons (Fsp3) is 0.972. The summed E-state index contributed by atoms with van der Waals surface area (Å²) in [4.78, 5) is 10.6. The topological polar surface area (TPSA) is 57.5 Å². The van der Waals surface area contributed by atoms with Gasteiger partial charge in [0.2, 0.25) is 0 Å². The quantitative estimate of drug-likeness (QED) is 0.0796. The Labute approximate surface area is 245 Å². The first kappa shape index (κ1) is 38.4. The molecule has 0 aliphatic carbocycles. The Balaban J connectivity index is 3.67. The van der Waals surface area contributed by atoms with Crippen molar-refractivity contribution in [3.63, 3.8) is 0 Å². The van der Waals surface area contributed by atoms with Crippen LogP contribution in [0.3, 0.4) is 0 Å². The van der Waals surface area contributed by atoms with Crippen molar-refractivity contribution in [2.45, 2.75) is 219 Å². The molecule has 0 aromatic heterocycles. The molecule has 234 valence electrons. The molecule has 39 heavy (non-hydrogen) atoms. The van der Waals surface area contributed by atoms with E-state index in [4.69, 9.17) is 5.11 Å². The van der Waals surface area contributed by atoms with Crippen molar-refractivity contribution in [3.05, 3.63) is 0 Å². The lowest BCUT2D eigenvalue weighted by atomic mass is 9.89. The van der Waals surface area contributed by atoms with Crippen LogP contribution in [0.5, 0.6) is 0 Å². The average molecular weight is 553 g/mol. The standard InChI is InChI=1S/C36H72O3/c1-3-5-7-9-10-11-12-13-14-15-16-17-18-20-23-27-31-34(30-26-8-6-4-2)32-28-24-21-19-22-25-29-33-35(37)36(38)39/h34-35,37H,3-33H2,1-2H3,(H,38,39). The van der Waals surface area contributed by atoms with Gasteiger partial charge in [0.25, 0.3) is 0 Å². The summed E-state index contributed by atoms with van der Waals surface area (Å²) in [5.41, 5.74) is 0. The summed E-state index contributed by atoms with van der Waals surface area (Å²) in [7, 11) is 0. The summed E-state index contributed by atoms with van der Waals surface area (Å²) in [5.74, 6) is -0.134. The van der Waals surface area contributed by atoms with Gasteiger partial charge in [-0.2, -0.15) is 0 Å². The molecule has 0 spiro atoms. The summed E-state index contributed by atoms with van der Waals surface area (Å²) < 4.78 is 0. The molecule has 0 aromatic carbocycles. The lowest BCUT2D eigenvalue weighted by molar-refractivity contribution is -0.146. The number of unbranched alkanes of at least 4 members (excludes halogenated alkanes) is 24. The zero-order chi connectivity index (χ0) is 28.7. The highest BCUT2D eigenvalue weighted by molar-refractivity contribution is 5.71. The zero-order valence-electron chi connectivity index (χ0n) is 26.9. The fourth-order valence-corrected chi connectivity index (χ4v) is 6.05. The van der Waals surface area contributed by atoms with Crippen LogP contribution in [0.2, 0.25) is 0 Å². The van der Waals surface area contributed by atoms with E-state index in [1.54, 1.807) is 0 Å². The van der Waals surface area contributed by atoms with Crippen molar-refractivity contribution >= 4 is 5.97 Å². The molecule has 0 radical (unpaired) electrons. The Bertz CT molecular complexity index is 478. The first-order valence-electron chi connectivity index (χ1n) is 18.0. The molecule has 0 aliphatic heterocycles. The number of hydrogen-bond donors (Lipinski definition) is 2. The summed E-state index contributed by atoms with van der Waals surface area (Å²) >= 11 is 0. The van der Waals surface area contributed by atoms with Crippen molar-refractivity contribution in [2.75, 3.05) is 0 Å². The second kappa shape index (κ2) is 32.0. The highest BCUT2D eigenvalue weighted by Crippen LogP contribution is 2.25. The monoisotopic (exact) mass is 553 g/mol. The van der Waals surface area contributed by atoms with Crippen molar-refractivity contribution in [1.29, 1.82) is 0 Å². The highest BCUT2D eigenvalue weighted by atomic mass is 16.4. The second-order valence-electron chi connectivity index (χ2n) is 12.7. The van der Waals surface area contributed by atoms with Crippen LogP contribution in [0.25, 0.3) is 0 Å². The van der Waals surface area contributed by atoms with Crippen molar-refractivity contribution in [3.8, 4) is 0 Å². The van der Waals surface area contributed by atoms with E-state index in [0.29, 0.717) is 6.42 Å². The maximum absolute atomic E-state index is 10.6.